The molecule has 4 heteroatoms. The van der Waals surface area contributed by atoms with Gasteiger partial charge in [-0.15, -0.1) is 0 Å². The summed E-state index contributed by atoms with van der Waals surface area (Å²) in [5, 5.41) is 12.2. The predicted octanol–water partition coefficient (Wildman–Crippen LogP) is 1.67. The molecule has 4 nitrogen and oxygen atoms in total. The van der Waals surface area contributed by atoms with Gasteiger partial charge in [-0.3, -0.25) is 9.59 Å². The minimum Gasteiger partial charge on any atom is -0.481 e. The van der Waals surface area contributed by atoms with Crippen LogP contribution in [0, 0.1) is 29.6 Å². The highest BCUT2D eigenvalue weighted by Gasteiger charge is 2.51. The zero-order valence-electron chi connectivity index (χ0n) is 10.9. The van der Waals surface area contributed by atoms with E-state index in [1.165, 1.54) is 0 Å². The maximum Gasteiger partial charge on any atom is 0.307 e. The molecule has 5 atom stereocenters. The quantitative estimate of drug-likeness (QED) is 0.730. The van der Waals surface area contributed by atoms with Crippen LogP contribution in [0.1, 0.15) is 26.7 Å². The van der Waals surface area contributed by atoms with Crippen LogP contribution < -0.4 is 5.32 Å². The minimum absolute atomic E-state index is 0.0480. The van der Waals surface area contributed by atoms with Crippen molar-refractivity contribution in [3.05, 3.63) is 12.2 Å². The largest absolute Gasteiger partial charge is 0.481 e. The van der Waals surface area contributed by atoms with E-state index in [0.29, 0.717) is 12.5 Å². The molecule has 2 aliphatic rings. The van der Waals surface area contributed by atoms with Crippen molar-refractivity contribution in [2.75, 3.05) is 6.54 Å². The molecule has 5 unspecified atom stereocenters. The molecule has 2 bridgehead atoms. The first-order valence-corrected chi connectivity index (χ1v) is 6.73. The summed E-state index contributed by atoms with van der Waals surface area (Å²) < 4.78 is 0. The van der Waals surface area contributed by atoms with Crippen LogP contribution in [-0.2, 0) is 9.59 Å². The first kappa shape index (κ1) is 13.1. The molecule has 2 aliphatic carbocycles. The molecule has 0 radical (unpaired) electrons. The number of carboxylic acids is 1. The van der Waals surface area contributed by atoms with Crippen molar-refractivity contribution in [2.24, 2.45) is 29.6 Å². The van der Waals surface area contributed by atoms with E-state index in [-0.39, 0.29) is 23.7 Å². The van der Waals surface area contributed by atoms with Gasteiger partial charge in [0.1, 0.15) is 0 Å². The van der Waals surface area contributed by atoms with Crippen LogP contribution in [0.4, 0.5) is 0 Å². The number of hydrogen-bond donors (Lipinski definition) is 2. The Hall–Kier alpha value is -1.32. The second-order valence-electron chi connectivity index (χ2n) is 5.60. The summed E-state index contributed by atoms with van der Waals surface area (Å²) in [6, 6.07) is 0. The van der Waals surface area contributed by atoms with E-state index in [2.05, 4.69) is 19.2 Å². The van der Waals surface area contributed by atoms with Gasteiger partial charge in [0, 0.05) is 6.54 Å². The van der Waals surface area contributed by atoms with Crippen molar-refractivity contribution in [1.29, 1.82) is 0 Å². The normalized spacial score (nSPS) is 34.6. The number of fused-ring (bicyclic) bond motifs is 2. The van der Waals surface area contributed by atoms with E-state index in [9.17, 15) is 14.7 Å². The molecule has 0 aromatic rings. The zero-order chi connectivity index (χ0) is 13.3. The molecule has 0 aromatic heterocycles. The summed E-state index contributed by atoms with van der Waals surface area (Å²) in [6.07, 6.45) is 5.80. The maximum absolute atomic E-state index is 12.2. The Bertz CT molecular complexity index is 377. The minimum atomic E-state index is -0.837. The lowest BCUT2D eigenvalue weighted by Crippen LogP contribution is -2.41. The number of nitrogens with one attached hydrogen (secondary N) is 1. The van der Waals surface area contributed by atoms with Crippen molar-refractivity contribution in [3.8, 4) is 0 Å². The molecule has 0 aromatic carbocycles. The number of hydrogen-bond acceptors (Lipinski definition) is 2. The summed E-state index contributed by atoms with van der Waals surface area (Å²) in [5.41, 5.74) is 0. The van der Waals surface area contributed by atoms with E-state index >= 15 is 0 Å². The third kappa shape index (κ3) is 2.28. The van der Waals surface area contributed by atoms with Crippen LogP contribution >= 0.6 is 0 Å². The van der Waals surface area contributed by atoms with Crippen molar-refractivity contribution in [1.82, 2.24) is 5.32 Å². The molecule has 1 amide bonds. The topological polar surface area (TPSA) is 66.4 Å². The van der Waals surface area contributed by atoms with Gasteiger partial charge < -0.3 is 10.4 Å². The van der Waals surface area contributed by atoms with Crippen molar-refractivity contribution >= 4 is 11.9 Å². The van der Waals surface area contributed by atoms with Gasteiger partial charge in [0.25, 0.3) is 0 Å². The molecular weight excluding hydrogens is 230 g/mol. The predicted molar refractivity (Wildman–Crippen MR) is 67.8 cm³/mol. The average molecular weight is 251 g/mol. The molecule has 18 heavy (non-hydrogen) atoms. The second kappa shape index (κ2) is 5.12. The summed E-state index contributed by atoms with van der Waals surface area (Å²) in [4.78, 5) is 23.4. The van der Waals surface area contributed by atoms with Crippen LogP contribution in [0.25, 0.3) is 0 Å². The van der Waals surface area contributed by atoms with Crippen LogP contribution in [-0.4, -0.2) is 23.5 Å². The van der Waals surface area contributed by atoms with Crippen molar-refractivity contribution in [2.45, 2.75) is 26.7 Å². The Morgan fingerprint density at radius 1 is 1.33 bits per heavy atom. The Kier molecular flexibility index (Phi) is 3.73. The third-order valence-corrected chi connectivity index (χ3v) is 4.37. The third-order valence-electron chi connectivity index (χ3n) is 4.37. The highest BCUT2D eigenvalue weighted by molar-refractivity contribution is 5.86. The van der Waals surface area contributed by atoms with Crippen LogP contribution in [0.15, 0.2) is 12.2 Å². The molecule has 0 aliphatic heterocycles. The van der Waals surface area contributed by atoms with E-state index < -0.39 is 11.9 Å². The fourth-order valence-corrected chi connectivity index (χ4v) is 3.05. The maximum atomic E-state index is 12.2. The number of carbonyl (C=O) groups excluding carboxylic acids is 1. The monoisotopic (exact) mass is 251 g/mol. The number of amides is 1. The van der Waals surface area contributed by atoms with Gasteiger partial charge in [-0.2, -0.15) is 0 Å². The summed E-state index contributed by atoms with van der Waals surface area (Å²) >= 11 is 0. The van der Waals surface area contributed by atoms with Gasteiger partial charge >= 0.3 is 5.97 Å². The van der Waals surface area contributed by atoms with Gasteiger partial charge in [-0.1, -0.05) is 32.4 Å². The molecular formula is C14H21NO3. The number of allylic oxidation sites excluding steroid dienone is 2. The second-order valence-corrected chi connectivity index (χ2v) is 5.60. The Morgan fingerprint density at radius 2 is 1.94 bits per heavy atom. The van der Waals surface area contributed by atoms with Crippen LogP contribution in [0.3, 0.4) is 0 Å². The Labute approximate surface area is 107 Å². The first-order chi connectivity index (χ1) is 8.54. The van der Waals surface area contributed by atoms with Crippen molar-refractivity contribution in [3.63, 3.8) is 0 Å². The lowest BCUT2D eigenvalue weighted by Gasteiger charge is -2.24. The number of carboxylic acid groups (broad SMARTS) is 1. The fraction of sp³-hybridized carbons (Fsp3) is 0.714. The van der Waals surface area contributed by atoms with Gasteiger partial charge in [-0.25, -0.2) is 0 Å². The number of rotatable bonds is 5. The summed E-state index contributed by atoms with van der Waals surface area (Å²) in [7, 11) is 0. The Morgan fingerprint density at radius 3 is 2.50 bits per heavy atom. The standard InChI is InChI=1S/C14H21NO3/c1-3-8(2)7-15-13(16)11-9-4-5-10(6-9)12(11)14(17)18/h4-5,8-12H,3,6-7H2,1-2H3,(H,15,16)(H,17,18). The van der Waals surface area contributed by atoms with Gasteiger partial charge in [0.15, 0.2) is 0 Å². The fourth-order valence-electron chi connectivity index (χ4n) is 3.05. The highest BCUT2D eigenvalue weighted by Crippen LogP contribution is 2.48. The highest BCUT2D eigenvalue weighted by atomic mass is 16.4. The van der Waals surface area contributed by atoms with E-state index in [1.54, 1.807) is 0 Å². The summed E-state index contributed by atoms with van der Waals surface area (Å²) in [5.74, 6) is -1.22. The summed E-state index contributed by atoms with van der Waals surface area (Å²) in [6.45, 7) is 4.80. The molecule has 2 rings (SSSR count). The zero-order valence-corrected chi connectivity index (χ0v) is 10.9. The lowest BCUT2D eigenvalue weighted by molar-refractivity contribution is -0.147. The van der Waals surface area contributed by atoms with Gasteiger partial charge in [0.05, 0.1) is 11.8 Å². The number of aliphatic carboxylic acids is 1. The van der Waals surface area contributed by atoms with Crippen LogP contribution in [0.2, 0.25) is 0 Å². The molecule has 0 heterocycles. The van der Waals surface area contributed by atoms with Crippen molar-refractivity contribution < 1.29 is 14.7 Å². The van der Waals surface area contributed by atoms with E-state index in [0.717, 1.165) is 12.8 Å². The SMILES string of the molecule is CCC(C)CNC(=O)C1C2C=CC(C2)C1C(=O)O. The molecule has 2 N–H and O–H groups in total. The van der Waals surface area contributed by atoms with Gasteiger partial charge in [-0.05, 0) is 24.2 Å². The lowest BCUT2D eigenvalue weighted by atomic mass is 9.82. The molecule has 1 fully saturated rings. The molecule has 0 spiro atoms. The molecule has 1 saturated carbocycles. The van der Waals surface area contributed by atoms with E-state index in [1.807, 2.05) is 12.2 Å². The average Bonchev–Trinajstić information content (AvgIpc) is 2.95. The molecule has 100 valence electrons. The van der Waals surface area contributed by atoms with Crippen LogP contribution in [0.5, 0.6) is 0 Å². The Balaban J connectivity index is 2.01. The smallest absolute Gasteiger partial charge is 0.307 e. The number of carbonyl (C=O) groups is 2. The van der Waals surface area contributed by atoms with E-state index in [4.69, 9.17) is 0 Å². The first-order valence-electron chi connectivity index (χ1n) is 6.73. The molecule has 0 saturated heterocycles. The van der Waals surface area contributed by atoms with Gasteiger partial charge in [0.2, 0.25) is 5.91 Å².